The van der Waals surface area contributed by atoms with Crippen LogP contribution >= 0.6 is 11.6 Å². The molecule has 4 rings (SSSR count). The Morgan fingerprint density at radius 2 is 1.64 bits per heavy atom. The van der Waals surface area contributed by atoms with Gasteiger partial charge in [0, 0.05) is 11.4 Å². The molecule has 0 aliphatic heterocycles. The minimum atomic E-state index is -4.07. The highest BCUT2D eigenvalue weighted by atomic mass is 35.5. The zero-order chi connectivity index (χ0) is 19.7. The second kappa shape index (κ2) is 7.48. The minimum Gasteiger partial charge on any atom is -0.421 e. The summed E-state index contributed by atoms with van der Waals surface area (Å²) in [6, 6.07) is 13.3. The van der Waals surface area contributed by atoms with Crippen molar-refractivity contribution in [2.75, 3.05) is 10.0 Å². The number of rotatable bonds is 5. The third-order valence-electron chi connectivity index (χ3n) is 4.88. The first kappa shape index (κ1) is 18.8. The van der Waals surface area contributed by atoms with E-state index in [9.17, 15) is 13.2 Å². The van der Waals surface area contributed by atoms with Crippen molar-refractivity contribution in [2.45, 2.75) is 36.6 Å². The molecule has 1 aliphatic carbocycles. The summed E-state index contributed by atoms with van der Waals surface area (Å²) >= 11 is 6.05. The molecule has 6 nitrogen and oxygen atoms in total. The van der Waals surface area contributed by atoms with Crippen molar-refractivity contribution in [3.8, 4) is 0 Å². The molecule has 3 aromatic rings. The molecule has 0 bridgehead atoms. The van der Waals surface area contributed by atoms with Crippen molar-refractivity contribution in [2.24, 2.45) is 0 Å². The van der Waals surface area contributed by atoms with Gasteiger partial charge in [0.15, 0.2) is 5.69 Å². The van der Waals surface area contributed by atoms with Crippen LogP contribution in [-0.2, 0) is 10.0 Å². The summed E-state index contributed by atoms with van der Waals surface area (Å²) in [6.45, 7) is 0. The summed E-state index contributed by atoms with van der Waals surface area (Å²) in [5.74, 6) is 0. The summed E-state index contributed by atoms with van der Waals surface area (Å²) < 4.78 is 33.5. The van der Waals surface area contributed by atoms with E-state index in [0.717, 1.165) is 25.7 Å². The minimum absolute atomic E-state index is 0.0745. The predicted octanol–water partition coefficient (Wildman–Crippen LogP) is 4.60. The first-order chi connectivity index (χ1) is 13.5. The number of benzene rings is 2. The Hall–Kier alpha value is -2.51. The van der Waals surface area contributed by atoms with Crippen molar-refractivity contribution < 1.29 is 12.8 Å². The number of para-hydroxylation sites is 1. The van der Waals surface area contributed by atoms with Gasteiger partial charge in [0.25, 0.3) is 10.0 Å². The smallest absolute Gasteiger partial charge is 0.363 e. The predicted molar refractivity (Wildman–Crippen MR) is 111 cm³/mol. The third kappa shape index (κ3) is 3.59. The van der Waals surface area contributed by atoms with Crippen LogP contribution in [0.25, 0.3) is 11.0 Å². The molecule has 8 heteroatoms. The zero-order valence-electron chi connectivity index (χ0n) is 14.9. The van der Waals surface area contributed by atoms with Gasteiger partial charge in [-0.2, -0.15) is 0 Å². The first-order valence-electron chi connectivity index (χ1n) is 9.05. The second-order valence-electron chi connectivity index (χ2n) is 6.80. The van der Waals surface area contributed by atoms with Crippen molar-refractivity contribution in [1.82, 2.24) is 0 Å². The Bertz CT molecular complexity index is 1180. The highest BCUT2D eigenvalue weighted by Crippen LogP contribution is 2.33. The molecule has 0 amide bonds. The van der Waals surface area contributed by atoms with Gasteiger partial charge in [-0.25, -0.2) is 13.2 Å². The van der Waals surface area contributed by atoms with Crippen LogP contribution in [0.4, 0.5) is 11.4 Å². The SMILES string of the molecule is O=c1oc2ccccc2c(NC2CCCC2)c1NS(=O)(=O)c1ccccc1Cl. The molecule has 0 unspecified atom stereocenters. The Balaban J connectivity index is 1.85. The fourth-order valence-electron chi connectivity index (χ4n) is 3.52. The van der Waals surface area contributed by atoms with Gasteiger partial charge in [-0.15, -0.1) is 0 Å². The van der Waals surface area contributed by atoms with Gasteiger partial charge in [-0.1, -0.05) is 48.7 Å². The Morgan fingerprint density at radius 1 is 0.964 bits per heavy atom. The lowest BCUT2D eigenvalue weighted by molar-refractivity contribution is 0.562. The van der Waals surface area contributed by atoms with E-state index in [2.05, 4.69) is 10.0 Å². The number of halogens is 1. The van der Waals surface area contributed by atoms with Crippen molar-refractivity contribution in [3.05, 3.63) is 64.0 Å². The van der Waals surface area contributed by atoms with Crippen LogP contribution in [0, 0.1) is 0 Å². The van der Waals surface area contributed by atoms with Gasteiger partial charge in [0.2, 0.25) is 0 Å². The van der Waals surface area contributed by atoms with E-state index < -0.39 is 15.6 Å². The molecule has 0 spiro atoms. The van der Waals surface area contributed by atoms with Crippen LogP contribution in [0.5, 0.6) is 0 Å². The molecule has 1 heterocycles. The molecule has 2 N–H and O–H groups in total. The molecule has 146 valence electrons. The molecule has 0 atom stereocenters. The van der Waals surface area contributed by atoms with Gasteiger partial charge in [0.1, 0.15) is 10.5 Å². The van der Waals surface area contributed by atoms with Gasteiger partial charge in [-0.3, -0.25) is 4.72 Å². The highest BCUT2D eigenvalue weighted by molar-refractivity contribution is 7.92. The maximum atomic E-state index is 12.9. The number of hydrogen-bond donors (Lipinski definition) is 2. The first-order valence-corrected chi connectivity index (χ1v) is 10.9. The van der Waals surface area contributed by atoms with Gasteiger partial charge in [-0.05, 0) is 37.1 Å². The van der Waals surface area contributed by atoms with Crippen LogP contribution in [0.2, 0.25) is 5.02 Å². The summed E-state index contributed by atoms with van der Waals surface area (Å²) in [5.41, 5.74) is -0.0524. The number of anilines is 2. The Morgan fingerprint density at radius 3 is 2.39 bits per heavy atom. The molecule has 0 radical (unpaired) electrons. The van der Waals surface area contributed by atoms with Crippen LogP contribution in [0.15, 0.2) is 62.6 Å². The topological polar surface area (TPSA) is 88.4 Å². The summed E-state index contributed by atoms with van der Waals surface area (Å²) in [6.07, 6.45) is 4.12. The van der Waals surface area contributed by atoms with Crippen LogP contribution in [-0.4, -0.2) is 14.5 Å². The largest absolute Gasteiger partial charge is 0.421 e. The van der Waals surface area contributed by atoms with Crippen molar-refractivity contribution in [3.63, 3.8) is 0 Å². The van der Waals surface area contributed by atoms with E-state index in [0.29, 0.717) is 16.7 Å². The summed E-state index contributed by atoms with van der Waals surface area (Å²) in [5, 5.41) is 4.08. The summed E-state index contributed by atoms with van der Waals surface area (Å²) in [4.78, 5) is 12.6. The van der Waals surface area contributed by atoms with Crippen LogP contribution in [0.1, 0.15) is 25.7 Å². The number of nitrogens with one attached hydrogen (secondary N) is 2. The quantitative estimate of drug-likeness (QED) is 0.591. The van der Waals surface area contributed by atoms with Crippen LogP contribution in [0.3, 0.4) is 0 Å². The van der Waals surface area contributed by atoms with Crippen molar-refractivity contribution in [1.29, 1.82) is 0 Å². The second-order valence-corrected chi connectivity index (χ2v) is 8.86. The van der Waals surface area contributed by atoms with E-state index in [-0.39, 0.29) is 21.6 Å². The lowest BCUT2D eigenvalue weighted by Gasteiger charge is -2.19. The standard InChI is InChI=1S/C20H19ClN2O4S/c21-15-10-4-6-12-17(15)28(25,26)23-19-18(22-13-7-1-2-8-13)14-9-3-5-11-16(14)27-20(19)24/h3-6,9-13,22-23H,1-2,7-8H2. The number of fused-ring (bicyclic) bond motifs is 1. The average molecular weight is 419 g/mol. The van der Waals surface area contributed by atoms with Crippen LogP contribution < -0.4 is 15.7 Å². The monoisotopic (exact) mass is 418 g/mol. The summed E-state index contributed by atoms with van der Waals surface area (Å²) in [7, 11) is -4.07. The lowest BCUT2D eigenvalue weighted by atomic mass is 10.1. The molecular formula is C20H19ClN2O4S. The molecule has 1 aromatic heterocycles. The van der Waals surface area contributed by atoms with Gasteiger partial charge in [0.05, 0.1) is 10.7 Å². The van der Waals surface area contributed by atoms with E-state index >= 15 is 0 Å². The van der Waals surface area contributed by atoms with Gasteiger partial charge < -0.3 is 9.73 Å². The number of hydrogen-bond acceptors (Lipinski definition) is 5. The average Bonchev–Trinajstić information content (AvgIpc) is 3.18. The molecule has 1 fully saturated rings. The molecule has 1 aliphatic rings. The maximum Gasteiger partial charge on any atom is 0.363 e. The molecule has 2 aromatic carbocycles. The van der Waals surface area contributed by atoms with E-state index in [1.807, 2.05) is 6.07 Å². The van der Waals surface area contributed by atoms with E-state index in [1.54, 1.807) is 30.3 Å². The van der Waals surface area contributed by atoms with E-state index in [1.165, 1.54) is 12.1 Å². The fraction of sp³-hybridized carbons (Fsp3) is 0.250. The van der Waals surface area contributed by atoms with Crippen molar-refractivity contribution >= 4 is 44.0 Å². The van der Waals surface area contributed by atoms with E-state index in [4.69, 9.17) is 16.0 Å². The molecular weight excluding hydrogens is 400 g/mol. The molecule has 28 heavy (non-hydrogen) atoms. The normalized spacial score (nSPS) is 15.0. The third-order valence-corrected chi connectivity index (χ3v) is 6.73. The number of sulfonamides is 1. The Labute approximate surface area is 167 Å². The lowest BCUT2D eigenvalue weighted by Crippen LogP contribution is -2.23. The highest BCUT2D eigenvalue weighted by Gasteiger charge is 2.25. The zero-order valence-corrected chi connectivity index (χ0v) is 16.5. The fourth-order valence-corrected chi connectivity index (χ4v) is 5.11. The molecule has 0 saturated heterocycles. The Kier molecular flexibility index (Phi) is 5.03. The molecule has 1 saturated carbocycles. The maximum absolute atomic E-state index is 12.9. The van der Waals surface area contributed by atoms with Gasteiger partial charge >= 0.3 is 5.63 Å².